The third-order valence-electron chi connectivity index (χ3n) is 3.16. The average Bonchev–Trinajstić information content (AvgIpc) is 2.33. The fourth-order valence-corrected chi connectivity index (χ4v) is 2.30. The predicted molar refractivity (Wildman–Crippen MR) is 101 cm³/mol. The summed E-state index contributed by atoms with van der Waals surface area (Å²) in [6.07, 6.45) is 2.81. The Kier molecular flexibility index (Phi) is 9.11. The molecule has 1 amide bonds. The molecule has 0 saturated carbocycles. The van der Waals surface area contributed by atoms with Crippen molar-refractivity contribution in [1.82, 2.24) is 10.2 Å². The number of nitrogens with zero attached hydrogens (tertiary/aromatic N) is 2. The number of likely N-dealkylation sites (tertiary alicyclic amines) is 1. The summed E-state index contributed by atoms with van der Waals surface area (Å²) >= 11 is 0. The minimum absolute atomic E-state index is 0. The molecule has 1 aliphatic heterocycles. The van der Waals surface area contributed by atoms with Crippen LogP contribution in [0.4, 0.5) is 4.79 Å². The van der Waals surface area contributed by atoms with Crippen LogP contribution in [0.25, 0.3) is 0 Å². The zero-order valence-electron chi connectivity index (χ0n) is 14.4. The molecule has 0 aromatic rings. The molecule has 0 aromatic carbocycles. The molecule has 1 heterocycles. The van der Waals surface area contributed by atoms with Crippen LogP contribution in [0.3, 0.4) is 0 Å². The van der Waals surface area contributed by atoms with E-state index in [1.54, 1.807) is 4.90 Å². The number of nitrogens with two attached hydrogens (primary N) is 1. The number of ether oxygens (including phenoxy) is 1. The maximum Gasteiger partial charge on any atom is 0.410 e. The van der Waals surface area contributed by atoms with Crippen molar-refractivity contribution in [2.45, 2.75) is 71.6 Å². The first-order valence-electron chi connectivity index (χ1n) is 7.75. The van der Waals surface area contributed by atoms with E-state index < -0.39 is 5.60 Å². The van der Waals surface area contributed by atoms with E-state index in [9.17, 15) is 4.79 Å². The van der Waals surface area contributed by atoms with E-state index in [-0.39, 0.29) is 42.2 Å². The van der Waals surface area contributed by atoms with Gasteiger partial charge in [-0.15, -0.1) is 24.0 Å². The molecule has 1 saturated heterocycles. The number of hydrogen-bond donors (Lipinski definition) is 2. The molecule has 0 radical (unpaired) electrons. The molecule has 6 nitrogen and oxygen atoms in total. The molecule has 0 aromatic heterocycles. The van der Waals surface area contributed by atoms with Crippen molar-refractivity contribution < 1.29 is 9.53 Å². The van der Waals surface area contributed by atoms with Gasteiger partial charge in [0.2, 0.25) is 0 Å². The Morgan fingerprint density at radius 2 is 2.05 bits per heavy atom. The number of rotatable bonds is 3. The van der Waals surface area contributed by atoms with Crippen LogP contribution in [0.1, 0.15) is 53.9 Å². The van der Waals surface area contributed by atoms with Crippen LogP contribution < -0.4 is 11.1 Å². The monoisotopic (exact) mass is 426 g/mol. The summed E-state index contributed by atoms with van der Waals surface area (Å²) in [7, 11) is 0. The summed E-state index contributed by atoms with van der Waals surface area (Å²) in [6, 6.07) is 0.322. The van der Waals surface area contributed by atoms with Gasteiger partial charge in [0.25, 0.3) is 0 Å². The van der Waals surface area contributed by atoms with E-state index in [1.165, 1.54) is 0 Å². The second-order valence-corrected chi connectivity index (χ2v) is 6.85. The van der Waals surface area contributed by atoms with Crippen molar-refractivity contribution >= 4 is 36.0 Å². The second kappa shape index (κ2) is 9.42. The van der Waals surface area contributed by atoms with Gasteiger partial charge >= 0.3 is 6.09 Å². The fraction of sp³-hybridized carbons (Fsp3) is 0.867. The lowest BCUT2D eigenvalue weighted by molar-refractivity contribution is 0.0110. The van der Waals surface area contributed by atoms with Crippen LogP contribution in [0.2, 0.25) is 0 Å². The SMILES string of the molecule is CC(C)NC(N)=NCC1CCCCN1C(=O)OC(C)(C)C.I. The minimum atomic E-state index is -0.472. The molecular formula is C15H31IN4O2. The highest BCUT2D eigenvalue weighted by atomic mass is 127. The van der Waals surface area contributed by atoms with Crippen molar-refractivity contribution in [2.75, 3.05) is 13.1 Å². The summed E-state index contributed by atoms with van der Waals surface area (Å²) in [5.41, 5.74) is 5.35. The van der Waals surface area contributed by atoms with Gasteiger partial charge in [0.15, 0.2) is 5.96 Å². The van der Waals surface area contributed by atoms with Crippen LogP contribution >= 0.6 is 24.0 Å². The summed E-state index contributed by atoms with van der Waals surface area (Å²) in [4.78, 5) is 18.4. The normalized spacial score (nSPS) is 19.6. The lowest BCUT2D eigenvalue weighted by atomic mass is 10.0. The van der Waals surface area contributed by atoms with E-state index >= 15 is 0 Å². The summed E-state index contributed by atoms with van der Waals surface area (Å²) in [5, 5.41) is 3.06. The van der Waals surface area contributed by atoms with Gasteiger partial charge in [-0.3, -0.25) is 4.99 Å². The van der Waals surface area contributed by atoms with Crippen molar-refractivity contribution in [3.05, 3.63) is 0 Å². The van der Waals surface area contributed by atoms with Crippen molar-refractivity contribution in [2.24, 2.45) is 10.7 Å². The van der Waals surface area contributed by atoms with E-state index in [0.717, 1.165) is 25.8 Å². The van der Waals surface area contributed by atoms with Gasteiger partial charge < -0.3 is 20.7 Å². The summed E-state index contributed by atoms with van der Waals surface area (Å²) < 4.78 is 5.47. The van der Waals surface area contributed by atoms with Gasteiger partial charge in [0.05, 0.1) is 12.6 Å². The topological polar surface area (TPSA) is 80.0 Å². The molecule has 130 valence electrons. The predicted octanol–water partition coefficient (Wildman–Crippen LogP) is 2.71. The molecule has 1 fully saturated rings. The Hall–Kier alpha value is -0.730. The molecule has 7 heteroatoms. The van der Waals surface area contributed by atoms with Crippen LogP contribution in [-0.2, 0) is 4.74 Å². The zero-order valence-corrected chi connectivity index (χ0v) is 16.7. The molecule has 0 aliphatic carbocycles. The zero-order chi connectivity index (χ0) is 16.0. The van der Waals surface area contributed by atoms with Crippen molar-refractivity contribution in [3.8, 4) is 0 Å². The number of aliphatic imine (C=N–C) groups is 1. The number of halogens is 1. The van der Waals surface area contributed by atoms with Gasteiger partial charge in [-0.05, 0) is 53.9 Å². The molecule has 1 unspecified atom stereocenters. The first-order chi connectivity index (χ1) is 9.69. The van der Waals surface area contributed by atoms with Crippen molar-refractivity contribution in [3.63, 3.8) is 0 Å². The van der Waals surface area contributed by atoms with E-state index in [2.05, 4.69) is 10.3 Å². The third-order valence-corrected chi connectivity index (χ3v) is 3.16. The quantitative estimate of drug-likeness (QED) is 0.413. The van der Waals surface area contributed by atoms with Crippen molar-refractivity contribution in [1.29, 1.82) is 0 Å². The summed E-state index contributed by atoms with van der Waals surface area (Å²) in [6.45, 7) is 10.9. The molecule has 0 bridgehead atoms. The van der Waals surface area contributed by atoms with Crippen LogP contribution in [0, 0.1) is 0 Å². The van der Waals surface area contributed by atoms with Gasteiger partial charge in [-0.1, -0.05) is 0 Å². The molecule has 1 aliphatic rings. The fourth-order valence-electron chi connectivity index (χ4n) is 2.30. The molecular weight excluding hydrogens is 395 g/mol. The highest BCUT2D eigenvalue weighted by Crippen LogP contribution is 2.20. The smallest absolute Gasteiger partial charge is 0.410 e. The number of carbonyl (C=O) groups excluding carboxylic acids is 1. The Morgan fingerprint density at radius 1 is 1.41 bits per heavy atom. The van der Waals surface area contributed by atoms with Crippen LogP contribution in [-0.4, -0.2) is 47.7 Å². The van der Waals surface area contributed by atoms with Crippen LogP contribution in [0.5, 0.6) is 0 Å². The van der Waals surface area contributed by atoms with E-state index in [0.29, 0.717) is 12.5 Å². The van der Waals surface area contributed by atoms with Crippen LogP contribution in [0.15, 0.2) is 4.99 Å². The lowest BCUT2D eigenvalue weighted by Gasteiger charge is -2.36. The molecule has 3 N–H and O–H groups in total. The maximum absolute atomic E-state index is 12.3. The standard InChI is InChI=1S/C15H30N4O2.HI/c1-11(2)18-13(16)17-10-12-8-6-7-9-19(12)14(20)21-15(3,4)5;/h11-12H,6-10H2,1-5H3,(H3,16,17,18);1H. The Labute approximate surface area is 151 Å². The van der Waals surface area contributed by atoms with Gasteiger partial charge in [0, 0.05) is 12.6 Å². The second-order valence-electron chi connectivity index (χ2n) is 6.85. The highest BCUT2D eigenvalue weighted by molar-refractivity contribution is 14.0. The Bertz CT molecular complexity index is 380. The largest absolute Gasteiger partial charge is 0.444 e. The molecule has 0 spiro atoms. The number of nitrogens with one attached hydrogen (secondary N) is 1. The minimum Gasteiger partial charge on any atom is -0.444 e. The number of piperidine rings is 1. The lowest BCUT2D eigenvalue weighted by Crippen LogP contribution is -2.48. The Balaban J connectivity index is 0.00000441. The van der Waals surface area contributed by atoms with Gasteiger partial charge in [-0.2, -0.15) is 0 Å². The molecule has 1 rings (SSSR count). The average molecular weight is 426 g/mol. The van der Waals surface area contributed by atoms with E-state index in [1.807, 2.05) is 34.6 Å². The highest BCUT2D eigenvalue weighted by Gasteiger charge is 2.30. The third kappa shape index (κ3) is 8.05. The van der Waals surface area contributed by atoms with Gasteiger partial charge in [-0.25, -0.2) is 4.79 Å². The number of amides is 1. The van der Waals surface area contributed by atoms with E-state index in [4.69, 9.17) is 10.5 Å². The number of carbonyl (C=O) groups is 1. The summed E-state index contributed by atoms with van der Waals surface area (Å²) in [5.74, 6) is 0.430. The number of guanidine groups is 1. The molecule has 22 heavy (non-hydrogen) atoms. The number of hydrogen-bond acceptors (Lipinski definition) is 3. The molecule has 1 atom stereocenters. The van der Waals surface area contributed by atoms with Gasteiger partial charge in [0.1, 0.15) is 5.60 Å². The first-order valence-corrected chi connectivity index (χ1v) is 7.75. The first kappa shape index (κ1) is 21.3. The maximum atomic E-state index is 12.3. The Morgan fingerprint density at radius 3 is 2.59 bits per heavy atom.